The van der Waals surface area contributed by atoms with Crippen molar-refractivity contribution in [3.63, 3.8) is 0 Å². The number of rotatable bonds is 6. The Balaban J connectivity index is 2.05. The van der Waals surface area contributed by atoms with Crippen LogP contribution in [0.25, 0.3) is 0 Å². The lowest BCUT2D eigenvalue weighted by Crippen LogP contribution is -2.22. The van der Waals surface area contributed by atoms with Crippen molar-refractivity contribution in [2.75, 3.05) is 7.05 Å². The first-order valence-corrected chi connectivity index (χ1v) is 8.45. The molecule has 0 saturated heterocycles. The van der Waals surface area contributed by atoms with Crippen molar-refractivity contribution in [1.29, 1.82) is 0 Å². The Labute approximate surface area is 114 Å². The molecule has 0 spiro atoms. The summed E-state index contributed by atoms with van der Waals surface area (Å²) >= 11 is 2.86. The van der Waals surface area contributed by atoms with Gasteiger partial charge in [-0.05, 0) is 13.1 Å². The second-order valence-electron chi connectivity index (χ2n) is 3.57. The monoisotopic (exact) mass is 303 g/mol. The molecule has 98 valence electrons. The van der Waals surface area contributed by atoms with Crippen LogP contribution in [0, 0.1) is 0 Å². The minimum absolute atomic E-state index is 0.282. The minimum atomic E-state index is -3.42. The van der Waals surface area contributed by atoms with Gasteiger partial charge in [0.2, 0.25) is 10.0 Å². The van der Waals surface area contributed by atoms with E-state index in [0.717, 1.165) is 9.75 Å². The van der Waals surface area contributed by atoms with Crippen LogP contribution in [0.3, 0.4) is 0 Å². The van der Waals surface area contributed by atoms with E-state index in [1.807, 2.05) is 7.05 Å². The van der Waals surface area contributed by atoms with Crippen LogP contribution in [-0.2, 0) is 23.1 Å². The van der Waals surface area contributed by atoms with Gasteiger partial charge in [-0.15, -0.1) is 22.7 Å². The summed E-state index contributed by atoms with van der Waals surface area (Å²) in [7, 11) is -1.59. The number of sulfonamides is 1. The van der Waals surface area contributed by atoms with Gasteiger partial charge in [-0.3, -0.25) is 4.98 Å². The zero-order valence-corrected chi connectivity index (χ0v) is 12.2. The number of hydrogen-bond donors (Lipinski definition) is 2. The van der Waals surface area contributed by atoms with Crippen LogP contribution < -0.4 is 10.0 Å². The molecule has 5 nitrogen and oxygen atoms in total. The zero-order valence-electron chi connectivity index (χ0n) is 9.71. The Morgan fingerprint density at radius 3 is 2.78 bits per heavy atom. The molecule has 0 unspecified atom stereocenters. The molecule has 0 aromatic carbocycles. The molecule has 8 heteroatoms. The topological polar surface area (TPSA) is 71.1 Å². The zero-order chi connectivity index (χ0) is 13.0. The van der Waals surface area contributed by atoms with Gasteiger partial charge in [-0.2, -0.15) is 0 Å². The van der Waals surface area contributed by atoms with Crippen molar-refractivity contribution in [3.8, 4) is 0 Å². The van der Waals surface area contributed by atoms with Gasteiger partial charge < -0.3 is 5.32 Å². The lowest BCUT2D eigenvalue weighted by molar-refractivity contribution is 0.582. The van der Waals surface area contributed by atoms with E-state index in [9.17, 15) is 8.42 Å². The van der Waals surface area contributed by atoms with Gasteiger partial charge in [0.05, 0.1) is 10.4 Å². The van der Waals surface area contributed by atoms with Crippen LogP contribution in [0.1, 0.15) is 9.75 Å². The third-order valence-corrected chi connectivity index (χ3v) is 5.46. The van der Waals surface area contributed by atoms with Crippen LogP contribution in [0.5, 0.6) is 0 Å². The Morgan fingerprint density at radius 1 is 1.28 bits per heavy atom. The average Bonchev–Trinajstić information content (AvgIpc) is 2.98. The third-order valence-electron chi connectivity index (χ3n) is 2.21. The van der Waals surface area contributed by atoms with Gasteiger partial charge in [-0.25, -0.2) is 13.1 Å². The summed E-state index contributed by atoms with van der Waals surface area (Å²) in [6, 6.07) is 1.69. The molecule has 0 aliphatic rings. The van der Waals surface area contributed by atoms with Gasteiger partial charge in [0.15, 0.2) is 0 Å². The van der Waals surface area contributed by atoms with E-state index in [2.05, 4.69) is 15.0 Å². The number of hydrogen-bond acceptors (Lipinski definition) is 6. The molecule has 0 radical (unpaired) electrons. The summed E-state index contributed by atoms with van der Waals surface area (Å²) in [5.41, 5.74) is 1.68. The molecule has 0 saturated carbocycles. The van der Waals surface area contributed by atoms with E-state index in [-0.39, 0.29) is 6.54 Å². The normalized spacial score (nSPS) is 11.8. The molecular formula is C10H13N3O2S3. The Morgan fingerprint density at radius 2 is 2.11 bits per heavy atom. The summed E-state index contributed by atoms with van der Waals surface area (Å²) in [6.45, 7) is 0.958. The molecule has 2 heterocycles. The molecular weight excluding hydrogens is 290 g/mol. The van der Waals surface area contributed by atoms with Gasteiger partial charge in [0, 0.05) is 34.4 Å². The van der Waals surface area contributed by atoms with E-state index in [1.54, 1.807) is 23.2 Å². The van der Waals surface area contributed by atoms with Crippen molar-refractivity contribution >= 4 is 32.7 Å². The predicted molar refractivity (Wildman–Crippen MR) is 73.2 cm³/mol. The highest BCUT2D eigenvalue weighted by atomic mass is 32.2. The van der Waals surface area contributed by atoms with Crippen molar-refractivity contribution in [2.45, 2.75) is 18.0 Å². The fraction of sp³-hybridized carbons (Fsp3) is 0.300. The Kier molecular flexibility index (Phi) is 4.46. The highest BCUT2D eigenvalue weighted by Gasteiger charge is 2.15. The van der Waals surface area contributed by atoms with Crippen molar-refractivity contribution < 1.29 is 8.42 Å². The molecule has 2 rings (SSSR count). The second kappa shape index (κ2) is 5.89. The summed E-state index contributed by atoms with van der Waals surface area (Å²) in [5, 5.41) is 4.65. The molecule has 0 bridgehead atoms. The fourth-order valence-electron chi connectivity index (χ4n) is 1.35. The first-order valence-electron chi connectivity index (χ1n) is 5.21. The van der Waals surface area contributed by atoms with Crippen molar-refractivity contribution in [2.24, 2.45) is 0 Å². The summed E-state index contributed by atoms with van der Waals surface area (Å²) in [5.74, 6) is 0. The van der Waals surface area contributed by atoms with Crippen LogP contribution in [-0.4, -0.2) is 20.4 Å². The largest absolute Gasteiger partial charge is 0.315 e. The van der Waals surface area contributed by atoms with Crippen LogP contribution in [0.2, 0.25) is 0 Å². The van der Waals surface area contributed by atoms with E-state index < -0.39 is 10.0 Å². The van der Waals surface area contributed by atoms with Crippen LogP contribution in [0.4, 0.5) is 0 Å². The summed E-state index contributed by atoms with van der Waals surface area (Å²) in [6.07, 6.45) is 1.66. The lowest BCUT2D eigenvalue weighted by atomic mass is 10.5. The maximum Gasteiger partial charge on any atom is 0.241 e. The van der Waals surface area contributed by atoms with E-state index in [0.29, 0.717) is 11.4 Å². The van der Waals surface area contributed by atoms with E-state index in [4.69, 9.17) is 0 Å². The van der Waals surface area contributed by atoms with Crippen LogP contribution >= 0.6 is 22.7 Å². The third kappa shape index (κ3) is 3.36. The van der Waals surface area contributed by atoms with Gasteiger partial charge >= 0.3 is 0 Å². The van der Waals surface area contributed by atoms with E-state index >= 15 is 0 Å². The van der Waals surface area contributed by atoms with Gasteiger partial charge in [0.25, 0.3) is 0 Å². The first kappa shape index (κ1) is 13.6. The number of nitrogens with one attached hydrogen (secondary N) is 2. The summed E-state index contributed by atoms with van der Waals surface area (Å²) in [4.78, 5) is 6.11. The molecule has 18 heavy (non-hydrogen) atoms. The second-order valence-corrected chi connectivity index (χ2v) is 7.30. The van der Waals surface area contributed by atoms with Crippen LogP contribution in [0.15, 0.2) is 28.0 Å². The highest BCUT2D eigenvalue weighted by molar-refractivity contribution is 7.89. The summed E-state index contributed by atoms with van der Waals surface area (Å²) < 4.78 is 26.6. The average molecular weight is 303 g/mol. The molecule has 2 aromatic heterocycles. The number of aromatic nitrogens is 1. The number of thiazole rings is 1. The predicted octanol–water partition coefficient (Wildman–Crippen LogP) is 1.40. The lowest BCUT2D eigenvalue weighted by Gasteiger charge is -2.02. The maximum atomic E-state index is 12.0. The fourth-order valence-corrected chi connectivity index (χ4v) is 4.27. The first-order chi connectivity index (χ1) is 8.62. The SMILES string of the molecule is CNCc1cc(S(=O)(=O)NCc2cncs2)cs1. The molecule has 0 aliphatic heterocycles. The quantitative estimate of drug-likeness (QED) is 0.846. The van der Waals surface area contributed by atoms with Gasteiger partial charge in [0.1, 0.15) is 0 Å². The molecule has 0 amide bonds. The Hall–Kier alpha value is -0.800. The van der Waals surface area contributed by atoms with Crippen molar-refractivity contribution in [1.82, 2.24) is 15.0 Å². The van der Waals surface area contributed by atoms with E-state index in [1.165, 1.54) is 22.7 Å². The molecule has 2 aromatic rings. The van der Waals surface area contributed by atoms with Crippen molar-refractivity contribution in [3.05, 3.63) is 32.9 Å². The molecule has 0 aliphatic carbocycles. The highest BCUT2D eigenvalue weighted by Crippen LogP contribution is 2.19. The Bertz CT molecular complexity index is 590. The molecule has 2 N–H and O–H groups in total. The maximum absolute atomic E-state index is 12.0. The molecule has 0 fully saturated rings. The number of nitrogens with zero attached hydrogens (tertiary/aromatic N) is 1. The minimum Gasteiger partial charge on any atom is -0.315 e. The number of thiophene rings is 1. The molecule has 0 atom stereocenters. The van der Waals surface area contributed by atoms with Gasteiger partial charge in [-0.1, -0.05) is 0 Å². The standard InChI is InChI=1S/C10H13N3O2S3/c1-11-3-8-2-10(6-16-8)18(14,15)13-5-9-4-12-7-17-9/h2,4,6-7,11,13H,3,5H2,1H3. The smallest absolute Gasteiger partial charge is 0.241 e.